The summed E-state index contributed by atoms with van der Waals surface area (Å²) in [7, 11) is 1.72. The molecule has 0 aliphatic rings. The van der Waals surface area contributed by atoms with Crippen molar-refractivity contribution in [3.63, 3.8) is 0 Å². The van der Waals surface area contributed by atoms with Gasteiger partial charge in [-0.15, -0.1) is 11.8 Å². The van der Waals surface area contributed by atoms with Gasteiger partial charge < -0.3 is 15.8 Å². The van der Waals surface area contributed by atoms with Gasteiger partial charge in [-0.1, -0.05) is 17.3 Å². The Kier molecular flexibility index (Phi) is 5.69. The van der Waals surface area contributed by atoms with Gasteiger partial charge in [0.2, 0.25) is 0 Å². The Balaban J connectivity index is 2.87. The molecule has 1 amide bonds. The fourth-order valence-electron chi connectivity index (χ4n) is 1.69. The third-order valence-corrected chi connectivity index (χ3v) is 3.75. The van der Waals surface area contributed by atoms with E-state index in [1.165, 1.54) is 11.8 Å². The molecular formula is C13H19N3O2S. The van der Waals surface area contributed by atoms with Crippen LogP contribution in [-0.4, -0.2) is 41.2 Å². The van der Waals surface area contributed by atoms with Gasteiger partial charge in [0.05, 0.1) is 5.56 Å². The predicted molar refractivity (Wildman–Crippen MR) is 77.8 cm³/mol. The molecule has 1 atom stereocenters. The molecule has 0 aliphatic heterocycles. The maximum Gasteiger partial charge on any atom is 0.254 e. The highest BCUT2D eigenvalue weighted by molar-refractivity contribution is 7.98. The molecule has 0 aliphatic carbocycles. The second kappa shape index (κ2) is 7.04. The molecule has 1 rings (SSSR count). The molecule has 1 aromatic rings. The molecule has 0 saturated heterocycles. The van der Waals surface area contributed by atoms with Crippen molar-refractivity contribution in [3.8, 4) is 0 Å². The molecule has 1 aromatic carbocycles. The van der Waals surface area contributed by atoms with Crippen LogP contribution < -0.4 is 5.73 Å². The van der Waals surface area contributed by atoms with E-state index in [2.05, 4.69) is 5.16 Å². The minimum atomic E-state index is -0.140. The Labute approximate surface area is 117 Å². The lowest BCUT2D eigenvalue weighted by Crippen LogP contribution is -2.38. The molecule has 0 radical (unpaired) electrons. The predicted octanol–water partition coefficient (Wildman–Crippen LogP) is 2.01. The first-order valence-electron chi connectivity index (χ1n) is 5.87. The number of nitrogens with zero attached hydrogens (tertiary/aromatic N) is 2. The van der Waals surface area contributed by atoms with Gasteiger partial charge in [-0.25, -0.2) is 0 Å². The number of benzene rings is 1. The van der Waals surface area contributed by atoms with E-state index in [1.807, 2.05) is 31.4 Å². The van der Waals surface area contributed by atoms with Crippen LogP contribution in [0.1, 0.15) is 23.7 Å². The highest BCUT2D eigenvalue weighted by Gasteiger charge is 2.20. The maximum atomic E-state index is 12.4. The summed E-state index contributed by atoms with van der Waals surface area (Å²) in [5.74, 6) is 0.0495. The van der Waals surface area contributed by atoms with Gasteiger partial charge >= 0.3 is 0 Å². The number of hydrogen-bond donors (Lipinski definition) is 2. The quantitative estimate of drug-likeness (QED) is 0.284. The molecule has 0 aromatic heterocycles. The summed E-state index contributed by atoms with van der Waals surface area (Å²) in [4.78, 5) is 14.9. The number of nitrogens with two attached hydrogens (primary N) is 1. The second-order valence-electron chi connectivity index (χ2n) is 4.26. The van der Waals surface area contributed by atoms with Crippen molar-refractivity contribution in [2.75, 3.05) is 13.3 Å². The van der Waals surface area contributed by atoms with E-state index in [9.17, 15) is 4.79 Å². The summed E-state index contributed by atoms with van der Waals surface area (Å²) in [6.45, 7) is 1.86. The van der Waals surface area contributed by atoms with Crippen LogP contribution in [-0.2, 0) is 0 Å². The zero-order chi connectivity index (χ0) is 14.4. The summed E-state index contributed by atoms with van der Waals surface area (Å²) >= 11 is 1.54. The maximum absolute atomic E-state index is 12.4. The number of rotatable bonds is 5. The van der Waals surface area contributed by atoms with Crippen LogP contribution in [0.25, 0.3) is 0 Å². The normalized spacial score (nSPS) is 13.1. The molecule has 0 bridgehead atoms. The van der Waals surface area contributed by atoms with E-state index in [-0.39, 0.29) is 17.8 Å². The zero-order valence-electron chi connectivity index (χ0n) is 11.3. The van der Waals surface area contributed by atoms with Crippen molar-refractivity contribution in [2.45, 2.75) is 24.3 Å². The van der Waals surface area contributed by atoms with Crippen LogP contribution in [0.15, 0.2) is 34.3 Å². The largest absolute Gasteiger partial charge is 0.409 e. The summed E-state index contributed by atoms with van der Waals surface area (Å²) < 4.78 is 0. The van der Waals surface area contributed by atoms with Gasteiger partial charge in [-0.3, -0.25) is 4.79 Å². The minimum absolute atomic E-state index is 0.0665. The Morgan fingerprint density at radius 3 is 2.74 bits per heavy atom. The lowest BCUT2D eigenvalue weighted by atomic mass is 10.1. The third-order valence-electron chi connectivity index (χ3n) is 2.95. The number of amides is 1. The van der Waals surface area contributed by atoms with Crippen LogP contribution in [0.2, 0.25) is 0 Å². The fraction of sp³-hybridized carbons (Fsp3) is 0.385. The number of hydrogen-bond acceptors (Lipinski definition) is 4. The van der Waals surface area contributed by atoms with Gasteiger partial charge in [-0.05, 0) is 25.3 Å². The second-order valence-corrected chi connectivity index (χ2v) is 5.11. The van der Waals surface area contributed by atoms with E-state index < -0.39 is 0 Å². The van der Waals surface area contributed by atoms with Gasteiger partial charge in [-0.2, -0.15) is 0 Å². The molecule has 104 valence electrons. The number of carbonyl (C=O) groups excluding carboxylic acids is 1. The average molecular weight is 281 g/mol. The lowest BCUT2D eigenvalue weighted by Gasteiger charge is -2.25. The molecule has 1 unspecified atom stereocenters. The monoisotopic (exact) mass is 281 g/mol. The van der Waals surface area contributed by atoms with Crippen molar-refractivity contribution in [2.24, 2.45) is 10.9 Å². The first-order chi connectivity index (χ1) is 9.01. The molecule has 6 heteroatoms. The van der Waals surface area contributed by atoms with Crippen molar-refractivity contribution >= 4 is 23.5 Å². The van der Waals surface area contributed by atoms with Crippen molar-refractivity contribution in [1.29, 1.82) is 0 Å². The fourth-order valence-corrected chi connectivity index (χ4v) is 2.28. The van der Waals surface area contributed by atoms with E-state index in [1.54, 1.807) is 18.0 Å². The molecule has 0 heterocycles. The molecule has 0 spiro atoms. The van der Waals surface area contributed by atoms with Gasteiger partial charge in [0.1, 0.15) is 5.84 Å². The first kappa shape index (κ1) is 15.4. The number of oxime groups is 1. The van der Waals surface area contributed by atoms with Crippen molar-refractivity contribution < 1.29 is 10.0 Å². The van der Waals surface area contributed by atoms with Crippen LogP contribution in [0, 0.1) is 0 Å². The molecule has 19 heavy (non-hydrogen) atoms. The summed E-state index contributed by atoms with van der Waals surface area (Å²) in [6, 6.07) is 7.33. The summed E-state index contributed by atoms with van der Waals surface area (Å²) in [6.07, 6.45) is 2.27. The Morgan fingerprint density at radius 1 is 1.53 bits per heavy atom. The van der Waals surface area contributed by atoms with Crippen LogP contribution in [0.3, 0.4) is 0 Å². The number of amidine groups is 1. The van der Waals surface area contributed by atoms with Crippen molar-refractivity contribution in [3.05, 3.63) is 29.8 Å². The van der Waals surface area contributed by atoms with Crippen LogP contribution in [0.4, 0.5) is 0 Å². The van der Waals surface area contributed by atoms with E-state index >= 15 is 0 Å². The Hall–Kier alpha value is -1.69. The number of thioether (sulfide) groups is 1. The molecule has 5 nitrogen and oxygen atoms in total. The molecular weight excluding hydrogens is 262 g/mol. The molecule has 0 saturated carbocycles. The summed E-state index contributed by atoms with van der Waals surface area (Å²) in [5, 5.41) is 11.5. The Bertz CT molecular complexity index is 477. The van der Waals surface area contributed by atoms with E-state index in [4.69, 9.17) is 10.9 Å². The Morgan fingerprint density at radius 2 is 2.16 bits per heavy atom. The highest BCUT2D eigenvalue weighted by Crippen LogP contribution is 2.21. The number of carbonyl (C=O) groups is 1. The highest BCUT2D eigenvalue weighted by atomic mass is 32.2. The molecule has 0 fully saturated rings. The summed E-state index contributed by atoms with van der Waals surface area (Å²) in [5.41, 5.74) is 6.13. The van der Waals surface area contributed by atoms with Crippen LogP contribution >= 0.6 is 11.8 Å². The van der Waals surface area contributed by atoms with Gasteiger partial charge in [0, 0.05) is 24.4 Å². The lowest BCUT2D eigenvalue weighted by molar-refractivity contribution is 0.0743. The third kappa shape index (κ3) is 3.89. The topological polar surface area (TPSA) is 78.9 Å². The van der Waals surface area contributed by atoms with Crippen LogP contribution in [0.5, 0.6) is 0 Å². The smallest absolute Gasteiger partial charge is 0.254 e. The van der Waals surface area contributed by atoms with Gasteiger partial charge in [0.15, 0.2) is 0 Å². The first-order valence-corrected chi connectivity index (χ1v) is 7.10. The zero-order valence-corrected chi connectivity index (χ0v) is 12.1. The van der Waals surface area contributed by atoms with E-state index in [0.717, 1.165) is 4.90 Å². The van der Waals surface area contributed by atoms with Crippen molar-refractivity contribution in [1.82, 2.24) is 4.90 Å². The van der Waals surface area contributed by atoms with E-state index in [0.29, 0.717) is 12.0 Å². The molecule has 3 N–H and O–H groups in total. The SMILES string of the molecule is CSc1ccccc1C(=O)N(C)C(C)CC(N)=NO. The minimum Gasteiger partial charge on any atom is -0.409 e. The standard InChI is InChI=1S/C13H19N3O2S/c1-9(8-12(14)15-18)16(2)13(17)10-6-4-5-7-11(10)19-3/h4-7,9,18H,8H2,1-3H3,(H2,14,15). The van der Waals surface area contributed by atoms with Gasteiger partial charge in [0.25, 0.3) is 5.91 Å². The average Bonchev–Trinajstić information content (AvgIpc) is 2.45.